The fourth-order valence-electron chi connectivity index (χ4n) is 1.46. The minimum absolute atomic E-state index is 0. The number of halogens is 1. The second-order valence-electron chi connectivity index (χ2n) is 3.85. The first-order valence-corrected chi connectivity index (χ1v) is 5.39. The lowest BCUT2D eigenvalue weighted by atomic mass is 10.2. The Bertz CT molecular complexity index is 537. The monoisotopic (exact) mass is 267 g/mol. The van der Waals surface area contributed by atoms with Crippen molar-refractivity contribution in [1.82, 2.24) is 4.98 Å². The number of carbonyl (C=O) groups is 1. The van der Waals surface area contributed by atoms with Crippen molar-refractivity contribution >= 4 is 29.5 Å². The third-order valence-corrected chi connectivity index (χ3v) is 2.12. The molecule has 2 aromatic rings. The van der Waals surface area contributed by atoms with Gasteiger partial charge < -0.3 is 9.47 Å². The average molecular weight is 268 g/mol. The smallest absolute Gasteiger partial charge is 0.431 e. The summed E-state index contributed by atoms with van der Waals surface area (Å²) in [6.45, 7) is 3.53. The second kappa shape index (κ2) is 6.21. The van der Waals surface area contributed by atoms with Crippen molar-refractivity contribution in [2.75, 3.05) is 0 Å². The number of ether oxygens (including phenoxy) is 2. The van der Waals surface area contributed by atoms with Crippen LogP contribution in [0.5, 0.6) is 5.75 Å². The summed E-state index contributed by atoms with van der Waals surface area (Å²) in [6, 6.07) is 9.14. The van der Waals surface area contributed by atoms with Crippen LogP contribution in [0.25, 0.3) is 10.9 Å². The van der Waals surface area contributed by atoms with Gasteiger partial charge in [-0.3, -0.25) is 4.98 Å². The molecule has 1 aromatic heterocycles. The zero-order chi connectivity index (χ0) is 12.3. The number of fused-ring (bicyclic) bond motifs is 1. The van der Waals surface area contributed by atoms with Crippen LogP contribution < -0.4 is 4.74 Å². The first-order chi connectivity index (χ1) is 8.16. The van der Waals surface area contributed by atoms with E-state index >= 15 is 0 Å². The molecule has 96 valence electrons. The Morgan fingerprint density at radius 3 is 2.67 bits per heavy atom. The summed E-state index contributed by atoms with van der Waals surface area (Å²) in [4.78, 5) is 15.6. The van der Waals surface area contributed by atoms with Gasteiger partial charge in [-0.2, -0.15) is 0 Å². The Morgan fingerprint density at radius 2 is 1.94 bits per heavy atom. The molecule has 1 heterocycles. The minimum atomic E-state index is -0.710. The molecule has 4 nitrogen and oxygen atoms in total. The summed E-state index contributed by atoms with van der Waals surface area (Å²) >= 11 is 0. The molecule has 0 unspecified atom stereocenters. The summed E-state index contributed by atoms with van der Waals surface area (Å²) in [7, 11) is 0. The Labute approximate surface area is 111 Å². The Hall–Kier alpha value is -1.81. The van der Waals surface area contributed by atoms with Gasteiger partial charge in [0.15, 0.2) is 5.75 Å². The van der Waals surface area contributed by atoms with Gasteiger partial charge in [-0.15, -0.1) is 12.4 Å². The standard InChI is InChI=1S/C13H13NO3.ClH/c1-9(2)16-13(15)17-11-7-3-5-10-6-4-8-14-12(10)11;/h3-9H,1-2H3;1H. The molecule has 18 heavy (non-hydrogen) atoms. The molecule has 1 aromatic carbocycles. The minimum Gasteiger partial charge on any atom is -0.431 e. The van der Waals surface area contributed by atoms with Gasteiger partial charge in [-0.05, 0) is 26.0 Å². The molecule has 0 bridgehead atoms. The number of pyridine rings is 1. The second-order valence-corrected chi connectivity index (χ2v) is 3.85. The molecule has 5 heteroatoms. The highest BCUT2D eigenvalue weighted by Crippen LogP contribution is 2.23. The van der Waals surface area contributed by atoms with Crippen molar-refractivity contribution in [3.8, 4) is 5.75 Å². The molecule has 0 aliphatic carbocycles. The average Bonchev–Trinajstić information content (AvgIpc) is 2.28. The van der Waals surface area contributed by atoms with Crippen LogP contribution in [0.15, 0.2) is 36.5 Å². The molecular weight excluding hydrogens is 254 g/mol. The van der Waals surface area contributed by atoms with E-state index in [-0.39, 0.29) is 18.5 Å². The molecular formula is C13H14ClNO3. The molecule has 0 amide bonds. The van der Waals surface area contributed by atoms with E-state index in [4.69, 9.17) is 9.47 Å². The number of aromatic nitrogens is 1. The number of rotatable bonds is 2. The lowest BCUT2D eigenvalue weighted by Gasteiger charge is -2.09. The van der Waals surface area contributed by atoms with Gasteiger partial charge in [0.25, 0.3) is 0 Å². The van der Waals surface area contributed by atoms with Crippen molar-refractivity contribution in [2.45, 2.75) is 20.0 Å². The normalized spacial score (nSPS) is 9.94. The van der Waals surface area contributed by atoms with Gasteiger partial charge in [0.2, 0.25) is 0 Å². The van der Waals surface area contributed by atoms with Crippen LogP contribution in [0.1, 0.15) is 13.8 Å². The molecule has 0 saturated carbocycles. The third-order valence-electron chi connectivity index (χ3n) is 2.12. The van der Waals surface area contributed by atoms with Crippen LogP contribution in [-0.4, -0.2) is 17.2 Å². The number of para-hydroxylation sites is 1. The summed E-state index contributed by atoms with van der Waals surface area (Å²) < 4.78 is 10.0. The van der Waals surface area contributed by atoms with Crippen molar-refractivity contribution in [1.29, 1.82) is 0 Å². The van der Waals surface area contributed by atoms with Crippen molar-refractivity contribution in [3.05, 3.63) is 36.5 Å². The Kier molecular flexibility index (Phi) is 4.92. The largest absolute Gasteiger partial charge is 0.514 e. The number of hydrogen-bond donors (Lipinski definition) is 0. The topological polar surface area (TPSA) is 48.4 Å². The molecule has 0 aliphatic rings. The van der Waals surface area contributed by atoms with E-state index in [9.17, 15) is 4.79 Å². The Morgan fingerprint density at radius 1 is 1.22 bits per heavy atom. The zero-order valence-corrected chi connectivity index (χ0v) is 10.9. The Balaban J connectivity index is 0.00000162. The van der Waals surface area contributed by atoms with E-state index in [1.54, 1.807) is 26.1 Å². The highest BCUT2D eigenvalue weighted by Gasteiger charge is 2.11. The van der Waals surface area contributed by atoms with E-state index in [0.29, 0.717) is 11.3 Å². The van der Waals surface area contributed by atoms with E-state index < -0.39 is 6.16 Å². The lowest BCUT2D eigenvalue weighted by molar-refractivity contribution is 0.0733. The lowest BCUT2D eigenvalue weighted by Crippen LogP contribution is -2.15. The molecule has 0 fully saturated rings. The highest BCUT2D eigenvalue weighted by molar-refractivity contribution is 5.86. The predicted octanol–water partition coefficient (Wildman–Crippen LogP) is 3.58. The van der Waals surface area contributed by atoms with Crippen LogP contribution in [-0.2, 0) is 4.74 Å². The van der Waals surface area contributed by atoms with Gasteiger partial charge in [0.05, 0.1) is 6.10 Å². The number of benzene rings is 1. The van der Waals surface area contributed by atoms with Crippen molar-refractivity contribution < 1.29 is 14.3 Å². The summed E-state index contributed by atoms with van der Waals surface area (Å²) in [6.07, 6.45) is 0.742. The van der Waals surface area contributed by atoms with Crippen LogP contribution in [0, 0.1) is 0 Å². The van der Waals surface area contributed by atoms with Gasteiger partial charge >= 0.3 is 6.16 Å². The first kappa shape index (κ1) is 14.3. The predicted molar refractivity (Wildman–Crippen MR) is 71.2 cm³/mol. The van der Waals surface area contributed by atoms with Crippen LogP contribution in [0.4, 0.5) is 4.79 Å². The summed E-state index contributed by atoms with van der Waals surface area (Å²) in [5.74, 6) is 0.411. The van der Waals surface area contributed by atoms with E-state index in [1.807, 2.05) is 24.3 Å². The quantitative estimate of drug-likeness (QED) is 0.616. The maximum atomic E-state index is 11.4. The van der Waals surface area contributed by atoms with Crippen LogP contribution in [0.3, 0.4) is 0 Å². The van der Waals surface area contributed by atoms with Crippen molar-refractivity contribution in [2.24, 2.45) is 0 Å². The maximum absolute atomic E-state index is 11.4. The third kappa shape index (κ3) is 3.34. The summed E-state index contributed by atoms with van der Waals surface area (Å²) in [5.41, 5.74) is 0.649. The van der Waals surface area contributed by atoms with Gasteiger partial charge in [-0.25, -0.2) is 4.79 Å². The van der Waals surface area contributed by atoms with E-state index in [2.05, 4.69) is 4.98 Å². The fraction of sp³-hybridized carbons (Fsp3) is 0.231. The highest BCUT2D eigenvalue weighted by atomic mass is 35.5. The maximum Gasteiger partial charge on any atom is 0.514 e. The van der Waals surface area contributed by atoms with Gasteiger partial charge in [0.1, 0.15) is 5.52 Å². The zero-order valence-electron chi connectivity index (χ0n) is 10.1. The number of nitrogens with zero attached hydrogens (tertiary/aromatic N) is 1. The molecule has 0 saturated heterocycles. The van der Waals surface area contributed by atoms with Gasteiger partial charge in [-0.1, -0.05) is 18.2 Å². The molecule has 2 rings (SSSR count). The number of hydrogen-bond acceptors (Lipinski definition) is 4. The SMILES string of the molecule is CC(C)OC(=O)Oc1cccc2cccnc12.Cl. The van der Waals surface area contributed by atoms with E-state index in [0.717, 1.165) is 5.39 Å². The van der Waals surface area contributed by atoms with Gasteiger partial charge in [0, 0.05) is 11.6 Å². The van der Waals surface area contributed by atoms with Crippen LogP contribution >= 0.6 is 12.4 Å². The molecule has 0 spiro atoms. The summed E-state index contributed by atoms with van der Waals surface area (Å²) in [5, 5.41) is 0.919. The van der Waals surface area contributed by atoms with Crippen LogP contribution in [0.2, 0.25) is 0 Å². The number of carbonyl (C=O) groups excluding carboxylic acids is 1. The molecule has 0 atom stereocenters. The first-order valence-electron chi connectivity index (χ1n) is 5.39. The molecule has 0 N–H and O–H groups in total. The molecule has 0 aliphatic heterocycles. The van der Waals surface area contributed by atoms with Crippen molar-refractivity contribution in [3.63, 3.8) is 0 Å². The fourth-order valence-corrected chi connectivity index (χ4v) is 1.46. The van der Waals surface area contributed by atoms with E-state index in [1.165, 1.54) is 0 Å². The molecule has 0 radical (unpaired) electrons.